The molecule has 3 N–H and O–H groups in total. The zero-order chi connectivity index (χ0) is 14.4. The van der Waals surface area contributed by atoms with Crippen LogP contribution < -0.4 is 11.3 Å². The molecule has 0 heterocycles. The smallest absolute Gasteiger partial charge is 0.0769 e. The largest absolute Gasteiger partial charge is 0.379 e. The Kier molecular flexibility index (Phi) is 6.02. The first-order valence-corrected chi connectivity index (χ1v) is 7.79. The molecule has 2 unspecified atom stereocenters. The van der Waals surface area contributed by atoms with E-state index in [1.807, 2.05) is 7.11 Å². The summed E-state index contributed by atoms with van der Waals surface area (Å²) in [5.41, 5.74) is 5.61. The van der Waals surface area contributed by atoms with Crippen molar-refractivity contribution in [1.82, 2.24) is 5.43 Å². The fourth-order valence-electron chi connectivity index (χ4n) is 3.51. The van der Waals surface area contributed by atoms with E-state index in [1.54, 1.807) is 0 Å². The molecule has 2 atom stereocenters. The Morgan fingerprint density at radius 3 is 2.65 bits per heavy atom. The van der Waals surface area contributed by atoms with Gasteiger partial charge in [0.05, 0.1) is 12.1 Å². The van der Waals surface area contributed by atoms with Crippen LogP contribution in [-0.4, -0.2) is 19.3 Å². The van der Waals surface area contributed by atoms with Gasteiger partial charge in [-0.2, -0.15) is 0 Å². The average Bonchev–Trinajstić information content (AvgIpc) is 2.48. The SMILES string of the molecule is COC(C1CCCCC1)C(Cc1cccc(C)c1)NN. The Morgan fingerprint density at radius 2 is 2.05 bits per heavy atom. The van der Waals surface area contributed by atoms with Gasteiger partial charge in [-0.3, -0.25) is 11.3 Å². The highest BCUT2D eigenvalue weighted by Gasteiger charge is 2.30. The van der Waals surface area contributed by atoms with Crippen molar-refractivity contribution in [2.45, 2.75) is 57.6 Å². The molecule has 20 heavy (non-hydrogen) atoms. The molecule has 1 aliphatic rings. The van der Waals surface area contributed by atoms with Crippen LogP contribution >= 0.6 is 0 Å². The third-order valence-electron chi connectivity index (χ3n) is 4.54. The first-order valence-electron chi connectivity index (χ1n) is 7.79. The van der Waals surface area contributed by atoms with E-state index in [0.717, 1.165) is 6.42 Å². The van der Waals surface area contributed by atoms with Crippen molar-refractivity contribution < 1.29 is 4.74 Å². The number of nitrogens with two attached hydrogens (primary N) is 1. The second-order valence-corrected chi connectivity index (χ2v) is 6.06. The van der Waals surface area contributed by atoms with Crippen LogP contribution in [0.4, 0.5) is 0 Å². The van der Waals surface area contributed by atoms with Gasteiger partial charge in [-0.1, -0.05) is 49.1 Å². The number of aryl methyl sites for hydroxylation is 1. The topological polar surface area (TPSA) is 47.3 Å². The zero-order valence-corrected chi connectivity index (χ0v) is 12.8. The van der Waals surface area contributed by atoms with Crippen molar-refractivity contribution >= 4 is 0 Å². The van der Waals surface area contributed by atoms with Crippen LogP contribution in [0.5, 0.6) is 0 Å². The molecule has 0 spiro atoms. The number of ether oxygens (including phenoxy) is 1. The molecule has 1 saturated carbocycles. The number of methoxy groups -OCH3 is 1. The van der Waals surface area contributed by atoms with Crippen LogP contribution in [0, 0.1) is 12.8 Å². The zero-order valence-electron chi connectivity index (χ0n) is 12.8. The predicted octanol–water partition coefficient (Wildman–Crippen LogP) is 2.96. The molecule has 112 valence electrons. The van der Waals surface area contributed by atoms with Gasteiger partial charge in [0.2, 0.25) is 0 Å². The van der Waals surface area contributed by atoms with Gasteiger partial charge in [0.25, 0.3) is 0 Å². The summed E-state index contributed by atoms with van der Waals surface area (Å²) in [4.78, 5) is 0. The lowest BCUT2D eigenvalue weighted by Gasteiger charge is -2.34. The van der Waals surface area contributed by atoms with Crippen molar-refractivity contribution in [1.29, 1.82) is 0 Å². The van der Waals surface area contributed by atoms with Crippen molar-refractivity contribution in [2.75, 3.05) is 7.11 Å². The number of nitrogens with one attached hydrogen (secondary N) is 1. The van der Waals surface area contributed by atoms with Crippen molar-refractivity contribution in [3.05, 3.63) is 35.4 Å². The standard InChI is InChI=1S/C17H28N2O/c1-13-7-6-8-14(11-13)12-16(19-18)17(20-2)15-9-4-3-5-10-15/h6-8,11,15-17,19H,3-5,9-10,12,18H2,1-2H3. The van der Waals surface area contributed by atoms with Gasteiger partial charge in [-0.05, 0) is 37.7 Å². The number of benzene rings is 1. The van der Waals surface area contributed by atoms with Crippen molar-refractivity contribution in [2.24, 2.45) is 11.8 Å². The van der Waals surface area contributed by atoms with Crippen LogP contribution in [0.25, 0.3) is 0 Å². The van der Waals surface area contributed by atoms with Gasteiger partial charge in [0.15, 0.2) is 0 Å². The summed E-state index contributed by atoms with van der Waals surface area (Å²) in [6.07, 6.45) is 7.69. The summed E-state index contributed by atoms with van der Waals surface area (Å²) in [5, 5.41) is 0. The Morgan fingerprint density at radius 1 is 1.30 bits per heavy atom. The molecule has 0 aliphatic heterocycles. The van der Waals surface area contributed by atoms with E-state index in [0.29, 0.717) is 5.92 Å². The van der Waals surface area contributed by atoms with E-state index in [-0.39, 0.29) is 12.1 Å². The monoisotopic (exact) mass is 276 g/mol. The number of rotatable bonds is 6. The molecular weight excluding hydrogens is 248 g/mol. The Hall–Kier alpha value is -0.900. The van der Waals surface area contributed by atoms with E-state index in [4.69, 9.17) is 10.6 Å². The highest BCUT2D eigenvalue weighted by atomic mass is 16.5. The van der Waals surface area contributed by atoms with Crippen LogP contribution in [0.15, 0.2) is 24.3 Å². The fourth-order valence-corrected chi connectivity index (χ4v) is 3.51. The number of hydrogen-bond acceptors (Lipinski definition) is 3. The minimum Gasteiger partial charge on any atom is -0.379 e. The average molecular weight is 276 g/mol. The number of hydrogen-bond donors (Lipinski definition) is 2. The fraction of sp³-hybridized carbons (Fsp3) is 0.647. The quantitative estimate of drug-likeness (QED) is 0.620. The molecule has 2 rings (SSSR count). The molecule has 1 aromatic carbocycles. The van der Waals surface area contributed by atoms with Gasteiger partial charge in [0.1, 0.15) is 0 Å². The third kappa shape index (κ3) is 4.05. The molecule has 0 bridgehead atoms. The molecule has 1 aliphatic carbocycles. The van der Waals surface area contributed by atoms with Gasteiger partial charge in [-0.15, -0.1) is 0 Å². The Bertz CT molecular complexity index is 402. The first-order chi connectivity index (χ1) is 9.74. The van der Waals surface area contributed by atoms with Gasteiger partial charge in [-0.25, -0.2) is 0 Å². The van der Waals surface area contributed by atoms with Crippen LogP contribution in [-0.2, 0) is 11.2 Å². The maximum absolute atomic E-state index is 5.81. The maximum Gasteiger partial charge on any atom is 0.0769 e. The lowest BCUT2D eigenvalue weighted by atomic mass is 9.81. The molecular formula is C17H28N2O. The van der Waals surface area contributed by atoms with Crippen molar-refractivity contribution in [3.63, 3.8) is 0 Å². The van der Waals surface area contributed by atoms with Crippen molar-refractivity contribution in [3.8, 4) is 0 Å². The Labute approximate surface area is 122 Å². The summed E-state index contributed by atoms with van der Waals surface area (Å²) in [7, 11) is 1.82. The van der Waals surface area contributed by atoms with Crippen LogP contribution in [0.2, 0.25) is 0 Å². The first kappa shape index (κ1) is 15.5. The summed E-state index contributed by atoms with van der Waals surface area (Å²) < 4.78 is 5.80. The van der Waals surface area contributed by atoms with Crippen LogP contribution in [0.3, 0.4) is 0 Å². The second kappa shape index (κ2) is 7.77. The number of hydrazine groups is 1. The summed E-state index contributed by atoms with van der Waals surface area (Å²) in [6.45, 7) is 2.13. The highest BCUT2D eigenvalue weighted by molar-refractivity contribution is 5.23. The van der Waals surface area contributed by atoms with Gasteiger partial charge < -0.3 is 4.74 Å². The third-order valence-corrected chi connectivity index (χ3v) is 4.54. The molecule has 1 fully saturated rings. The minimum atomic E-state index is 0.185. The Balaban J connectivity index is 2.04. The summed E-state index contributed by atoms with van der Waals surface area (Å²) in [6, 6.07) is 8.83. The maximum atomic E-state index is 5.81. The molecule has 1 aromatic rings. The lowest BCUT2D eigenvalue weighted by molar-refractivity contribution is 0.00827. The predicted molar refractivity (Wildman–Crippen MR) is 83.4 cm³/mol. The normalized spacial score (nSPS) is 19.8. The summed E-state index contributed by atoms with van der Waals surface area (Å²) >= 11 is 0. The molecule has 0 aromatic heterocycles. The molecule has 3 heteroatoms. The lowest BCUT2D eigenvalue weighted by Crippen LogP contribution is -2.49. The molecule has 0 radical (unpaired) electrons. The van der Waals surface area contributed by atoms with Gasteiger partial charge >= 0.3 is 0 Å². The van der Waals surface area contributed by atoms with E-state index >= 15 is 0 Å². The molecule has 0 amide bonds. The van der Waals surface area contributed by atoms with E-state index < -0.39 is 0 Å². The van der Waals surface area contributed by atoms with E-state index in [2.05, 4.69) is 36.6 Å². The van der Waals surface area contributed by atoms with Crippen LogP contribution in [0.1, 0.15) is 43.2 Å². The molecule has 3 nitrogen and oxygen atoms in total. The van der Waals surface area contributed by atoms with E-state index in [9.17, 15) is 0 Å². The van der Waals surface area contributed by atoms with E-state index in [1.165, 1.54) is 43.2 Å². The minimum absolute atomic E-state index is 0.185. The highest BCUT2D eigenvalue weighted by Crippen LogP contribution is 2.30. The van der Waals surface area contributed by atoms with Gasteiger partial charge in [0, 0.05) is 7.11 Å². The molecule has 0 saturated heterocycles. The summed E-state index contributed by atoms with van der Waals surface area (Å²) in [5.74, 6) is 6.45. The second-order valence-electron chi connectivity index (χ2n) is 6.06.